The quantitative estimate of drug-likeness (QED) is 0.770. The van der Waals surface area contributed by atoms with Gasteiger partial charge in [-0.25, -0.2) is 14.4 Å². The molecule has 2 N–H and O–H groups in total. The molecule has 0 bridgehead atoms. The average Bonchev–Trinajstić information content (AvgIpc) is 2.91. The zero-order valence-electron chi connectivity index (χ0n) is 11.0. The fourth-order valence-electron chi connectivity index (χ4n) is 1.93. The number of aromatic nitrogens is 2. The highest BCUT2D eigenvalue weighted by molar-refractivity contribution is 7.22. The third kappa shape index (κ3) is 2.66. The van der Waals surface area contributed by atoms with Crippen LogP contribution in [0, 0.1) is 5.82 Å². The molecule has 0 radical (unpaired) electrons. The summed E-state index contributed by atoms with van der Waals surface area (Å²) in [5, 5.41) is 11.9. The van der Waals surface area contributed by atoms with E-state index in [-0.39, 0.29) is 16.4 Å². The van der Waals surface area contributed by atoms with Gasteiger partial charge in [0.1, 0.15) is 17.4 Å². The number of rotatable bonds is 3. The van der Waals surface area contributed by atoms with E-state index < -0.39 is 18.3 Å². The molecule has 3 aromatic rings. The maximum Gasteiger partial charge on any atom is 0.251 e. The van der Waals surface area contributed by atoms with Crippen molar-refractivity contribution in [3.05, 3.63) is 41.3 Å². The lowest BCUT2D eigenvalue weighted by Crippen LogP contribution is -2.16. The van der Waals surface area contributed by atoms with Gasteiger partial charge >= 0.3 is 0 Å². The van der Waals surface area contributed by atoms with E-state index in [9.17, 15) is 9.18 Å². The van der Waals surface area contributed by atoms with Crippen LogP contribution in [0.4, 0.5) is 10.2 Å². The summed E-state index contributed by atoms with van der Waals surface area (Å²) in [5.74, 6) is -0.785. The summed E-state index contributed by atoms with van der Waals surface area (Å²) in [6.07, 6.45) is 1.47. The Labute approximate surface area is 133 Å². The molecule has 2 heterocycles. The molecule has 22 heavy (non-hydrogen) atoms. The number of halogens is 2. The second kappa shape index (κ2) is 5.96. The van der Waals surface area contributed by atoms with E-state index in [1.807, 2.05) is 0 Å². The van der Waals surface area contributed by atoms with Crippen molar-refractivity contribution in [3.63, 3.8) is 0 Å². The number of anilines is 1. The minimum absolute atomic E-state index is 0.213. The molecule has 0 atom stereocenters. The number of aliphatic hydroxyl groups is 1. The molecule has 0 fully saturated rings. The fraction of sp³-hybridized carbons (Fsp3) is 0.0714. The second-order valence-corrected chi connectivity index (χ2v) is 5.74. The molecule has 0 saturated carbocycles. The zero-order valence-corrected chi connectivity index (χ0v) is 12.6. The van der Waals surface area contributed by atoms with Crippen LogP contribution in [0.15, 0.2) is 30.5 Å². The number of nitrogens with zero attached hydrogens (tertiary/aromatic N) is 2. The first-order valence-corrected chi connectivity index (χ1v) is 7.40. The molecule has 1 amide bonds. The topological polar surface area (TPSA) is 75.1 Å². The zero-order chi connectivity index (χ0) is 15.7. The van der Waals surface area contributed by atoms with Crippen LogP contribution in [-0.4, -0.2) is 27.6 Å². The van der Waals surface area contributed by atoms with E-state index in [1.54, 1.807) is 12.1 Å². The monoisotopic (exact) mass is 337 g/mol. The van der Waals surface area contributed by atoms with E-state index in [1.165, 1.54) is 18.3 Å². The molecular formula is C14H9ClFN3O2S. The van der Waals surface area contributed by atoms with Crippen LogP contribution >= 0.6 is 22.9 Å². The minimum Gasteiger partial charge on any atom is -0.387 e. The van der Waals surface area contributed by atoms with Crippen molar-refractivity contribution in [2.75, 3.05) is 11.9 Å². The first-order chi connectivity index (χ1) is 10.6. The van der Waals surface area contributed by atoms with Crippen molar-refractivity contribution < 1.29 is 14.3 Å². The van der Waals surface area contributed by atoms with Gasteiger partial charge in [0.2, 0.25) is 0 Å². The van der Waals surface area contributed by atoms with Gasteiger partial charge in [0.15, 0.2) is 5.82 Å². The van der Waals surface area contributed by atoms with Gasteiger partial charge in [-0.05, 0) is 18.2 Å². The van der Waals surface area contributed by atoms with Gasteiger partial charge in [0, 0.05) is 6.20 Å². The third-order valence-electron chi connectivity index (χ3n) is 2.88. The Kier molecular flexibility index (Phi) is 4.02. The van der Waals surface area contributed by atoms with Crippen molar-refractivity contribution in [1.82, 2.24) is 9.97 Å². The van der Waals surface area contributed by atoms with E-state index in [4.69, 9.17) is 16.7 Å². The Bertz CT molecular complexity index is 848. The van der Waals surface area contributed by atoms with Gasteiger partial charge in [-0.15, -0.1) is 11.3 Å². The first kappa shape index (κ1) is 14.8. The molecule has 0 spiro atoms. The summed E-state index contributed by atoms with van der Waals surface area (Å²) in [6, 6.07) is 6.06. The van der Waals surface area contributed by atoms with Gasteiger partial charge in [-0.2, -0.15) is 0 Å². The van der Waals surface area contributed by atoms with Gasteiger partial charge in [-0.1, -0.05) is 17.7 Å². The first-order valence-electron chi connectivity index (χ1n) is 6.21. The molecule has 3 rings (SSSR count). The normalized spacial score (nSPS) is 10.9. The van der Waals surface area contributed by atoms with Crippen LogP contribution in [-0.2, 0) is 4.79 Å². The number of carbonyl (C=O) groups excluding carboxylic acids is 1. The van der Waals surface area contributed by atoms with Crippen LogP contribution < -0.4 is 5.32 Å². The smallest absolute Gasteiger partial charge is 0.251 e. The predicted molar refractivity (Wildman–Crippen MR) is 83.5 cm³/mol. The Morgan fingerprint density at radius 1 is 1.41 bits per heavy atom. The summed E-state index contributed by atoms with van der Waals surface area (Å²) in [5.41, 5.74) is 0.771. The highest BCUT2D eigenvalue weighted by Gasteiger charge is 2.17. The largest absolute Gasteiger partial charge is 0.387 e. The number of thiazole rings is 1. The third-order valence-corrected chi connectivity index (χ3v) is 4.29. The Morgan fingerprint density at radius 2 is 2.23 bits per heavy atom. The molecule has 0 saturated heterocycles. The highest BCUT2D eigenvalue weighted by atomic mass is 35.5. The number of fused-ring (bicyclic) bond motifs is 1. The molecule has 0 aliphatic rings. The molecule has 5 nitrogen and oxygen atoms in total. The number of hydrogen-bond donors (Lipinski definition) is 2. The Balaban J connectivity index is 2.14. The molecule has 2 aromatic heterocycles. The van der Waals surface area contributed by atoms with Gasteiger partial charge in [-0.3, -0.25) is 4.79 Å². The SMILES string of the molecule is O=C(CO)Nc1nccc2nc(-c3c(F)cccc3Cl)sc12. The van der Waals surface area contributed by atoms with Gasteiger partial charge in [0.05, 0.1) is 20.8 Å². The number of benzene rings is 1. The van der Waals surface area contributed by atoms with E-state index in [2.05, 4.69) is 15.3 Å². The summed E-state index contributed by atoms with van der Waals surface area (Å²) < 4.78 is 14.6. The molecular weight excluding hydrogens is 329 g/mol. The maximum absolute atomic E-state index is 14.0. The van der Waals surface area contributed by atoms with Crippen LogP contribution in [0.25, 0.3) is 20.8 Å². The number of hydrogen-bond acceptors (Lipinski definition) is 5. The summed E-state index contributed by atoms with van der Waals surface area (Å²) in [6.45, 7) is -0.650. The van der Waals surface area contributed by atoms with E-state index >= 15 is 0 Å². The molecule has 112 valence electrons. The number of pyridine rings is 1. The highest BCUT2D eigenvalue weighted by Crippen LogP contribution is 2.37. The van der Waals surface area contributed by atoms with Crippen LogP contribution in [0.3, 0.4) is 0 Å². The van der Waals surface area contributed by atoms with Gasteiger partial charge in [0.25, 0.3) is 5.91 Å². The molecule has 8 heteroatoms. The lowest BCUT2D eigenvalue weighted by molar-refractivity contribution is -0.118. The van der Waals surface area contributed by atoms with Crippen molar-refractivity contribution in [1.29, 1.82) is 0 Å². The van der Waals surface area contributed by atoms with Crippen molar-refractivity contribution in [3.8, 4) is 10.6 Å². The number of carbonyl (C=O) groups is 1. The van der Waals surface area contributed by atoms with Crippen LogP contribution in [0.5, 0.6) is 0 Å². The molecule has 0 unspecified atom stereocenters. The standard InChI is InChI=1S/C14H9ClFN3O2S/c15-7-2-1-3-8(16)11(7)14-18-9-4-5-17-13(12(9)22-14)19-10(21)6-20/h1-5,20H,6H2,(H,17,19,21). The van der Waals surface area contributed by atoms with Crippen molar-refractivity contribution in [2.45, 2.75) is 0 Å². The number of nitrogens with one attached hydrogen (secondary N) is 1. The van der Waals surface area contributed by atoms with Crippen LogP contribution in [0.1, 0.15) is 0 Å². The summed E-state index contributed by atoms with van der Waals surface area (Å²) in [7, 11) is 0. The lowest BCUT2D eigenvalue weighted by atomic mass is 10.2. The second-order valence-electron chi connectivity index (χ2n) is 4.33. The fourth-order valence-corrected chi connectivity index (χ4v) is 3.30. The van der Waals surface area contributed by atoms with Gasteiger partial charge < -0.3 is 10.4 Å². The molecule has 0 aliphatic heterocycles. The van der Waals surface area contributed by atoms with E-state index in [0.29, 0.717) is 15.2 Å². The summed E-state index contributed by atoms with van der Waals surface area (Å²) >= 11 is 7.21. The van der Waals surface area contributed by atoms with Crippen molar-refractivity contribution in [2.24, 2.45) is 0 Å². The minimum atomic E-state index is -0.650. The number of amides is 1. The van der Waals surface area contributed by atoms with Crippen LogP contribution in [0.2, 0.25) is 5.02 Å². The molecule has 0 aliphatic carbocycles. The summed E-state index contributed by atoms with van der Waals surface area (Å²) in [4.78, 5) is 19.7. The van der Waals surface area contributed by atoms with E-state index in [0.717, 1.165) is 11.3 Å². The average molecular weight is 338 g/mol. The Morgan fingerprint density at radius 3 is 2.95 bits per heavy atom. The molecule has 1 aromatic carbocycles. The maximum atomic E-state index is 14.0. The predicted octanol–water partition coefficient (Wildman–Crippen LogP) is 3.08. The Hall–Kier alpha value is -2.09. The lowest BCUT2D eigenvalue weighted by Gasteiger charge is -2.02. The number of aliphatic hydroxyl groups excluding tert-OH is 1. The van der Waals surface area contributed by atoms with Crippen molar-refractivity contribution >= 4 is 44.9 Å².